The van der Waals surface area contributed by atoms with Gasteiger partial charge in [-0.2, -0.15) is 0 Å². The summed E-state index contributed by atoms with van der Waals surface area (Å²) < 4.78 is 18.7. The van der Waals surface area contributed by atoms with Gasteiger partial charge < -0.3 is 38.9 Å². The number of nitrogens with zero attached hydrogens (tertiary/aromatic N) is 2. The highest BCUT2D eigenvalue weighted by molar-refractivity contribution is 6.30. The number of rotatable bonds is 15. The van der Waals surface area contributed by atoms with Gasteiger partial charge in [-0.25, -0.2) is 0 Å². The largest absolute Gasteiger partial charge is 0.497 e. The lowest BCUT2D eigenvalue weighted by Crippen LogP contribution is -2.14. The van der Waals surface area contributed by atoms with Crippen LogP contribution in [0, 0.1) is 13.8 Å². The molecule has 0 aliphatic rings. The van der Waals surface area contributed by atoms with Gasteiger partial charge in [0.1, 0.15) is 23.0 Å². The van der Waals surface area contributed by atoms with E-state index in [1.165, 1.54) is 15.5 Å². The number of Topliss-reactive ketones (excluding diaryl/α,β-unsaturated/α-hetero) is 1. The van der Waals surface area contributed by atoms with Gasteiger partial charge in [-0.05, 0) is 151 Å². The predicted octanol–water partition coefficient (Wildman–Crippen LogP) is 12.5. The molecule has 0 aliphatic carbocycles. The molecule has 1 atom stereocenters. The third-order valence-electron chi connectivity index (χ3n) is 13.1. The lowest BCUT2D eigenvalue weighted by Gasteiger charge is -2.08. The molecule has 402 valence electrons. The maximum absolute atomic E-state index is 13.0. The van der Waals surface area contributed by atoms with Crippen molar-refractivity contribution in [1.82, 2.24) is 9.13 Å². The van der Waals surface area contributed by atoms with E-state index in [2.05, 4.69) is 18.2 Å². The molecule has 0 amide bonds. The Morgan fingerprint density at radius 3 is 1.68 bits per heavy atom. The molecule has 14 nitrogen and oxygen atoms in total. The first kappa shape index (κ1) is 58.3. The summed E-state index contributed by atoms with van der Waals surface area (Å²) in [5, 5.41) is 32.7. The molecule has 3 N–H and O–H groups in total. The van der Waals surface area contributed by atoms with E-state index in [1.807, 2.05) is 73.7 Å². The van der Waals surface area contributed by atoms with Crippen LogP contribution >= 0.6 is 11.6 Å². The number of aliphatic carboxylic acids is 3. The van der Waals surface area contributed by atoms with E-state index in [9.17, 15) is 33.9 Å². The summed E-state index contributed by atoms with van der Waals surface area (Å²) in [5.41, 5.74) is 7.16. The molecule has 0 radical (unpaired) electrons. The second-order valence-electron chi connectivity index (χ2n) is 18.5. The number of methoxy groups -OCH3 is 3. The number of carboxylic acid groups (broad SMARTS) is 3. The lowest BCUT2D eigenvalue weighted by atomic mass is 9.98. The molecule has 0 spiro atoms. The zero-order chi connectivity index (χ0) is 56.8. The minimum absolute atomic E-state index is 0.0856. The molecule has 0 unspecified atom stereocenters. The summed E-state index contributed by atoms with van der Waals surface area (Å²) in [6.07, 6.45) is 1.17. The minimum atomic E-state index is -0.955. The lowest BCUT2D eigenvalue weighted by molar-refractivity contribution is -0.138. The summed E-state index contributed by atoms with van der Waals surface area (Å²) in [6, 6.07) is 46.3. The zero-order valence-corrected chi connectivity index (χ0v) is 45.4. The monoisotopic (exact) mass is 1070 g/mol. The fraction of sp³-hybridized carbons (Fsp3) is 0.206. The Kier molecular flexibility index (Phi) is 19.9. The first-order valence-electron chi connectivity index (χ1n) is 24.8. The zero-order valence-electron chi connectivity index (χ0n) is 44.6. The molecule has 0 saturated carbocycles. The van der Waals surface area contributed by atoms with Crippen LogP contribution < -0.4 is 14.2 Å². The second kappa shape index (κ2) is 26.7. The van der Waals surface area contributed by atoms with Crippen LogP contribution in [0.1, 0.15) is 86.2 Å². The van der Waals surface area contributed by atoms with Crippen molar-refractivity contribution in [2.45, 2.75) is 59.3 Å². The number of carbonyl (C=O) groups excluding carboxylic acids is 3. The molecular formula is C63H61ClN2O12. The SMILES string of the molecule is COc1ccc2c(c1)c(CC(=O)O)c(C)n2C(=O)c1ccc(Cl)cc1.COc1ccc2cc(CCC(C)=O)ccc2c1.COc1ccc2cc([C@H](C)C(=O)O)ccc2c1.Cc1ccc(C(=O)c2ccc(CC(=O)O)n2C)cc1. The Hall–Kier alpha value is -9.01. The highest BCUT2D eigenvalue weighted by Gasteiger charge is 2.22. The Morgan fingerprint density at radius 1 is 0.590 bits per heavy atom. The van der Waals surface area contributed by atoms with Gasteiger partial charge >= 0.3 is 17.9 Å². The van der Waals surface area contributed by atoms with Crippen molar-refractivity contribution in [3.63, 3.8) is 0 Å². The van der Waals surface area contributed by atoms with Gasteiger partial charge in [-0.1, -0.05) is 90.0 Å². The third kappa shape index (κ3) is 14.9. The summed E-state index contributed by atoms with van der Waals surface area (Å²) in [4.78, 5) is 69.1. The van der Waals surface area contributed by atoms with Crippen molar-refractivity contribution in [3.05, 3.63) is 207 Å². The van der Waals surface area contributed by atoms with Crippen molar-refractivity contribution >= 4 is 79.4 Å². The van der Waals surface area contributed by atoms with E-state index in [4.69, 9.17) is 36.0 Å². The quantitative estimate of drug-likeness (QED) is 0.0822. The summed E-state index contributed by atoms with van der Waals surface area (Å²) in [6.45, 7) is 7.03. The van der Waals surface area contributed by atoms with Gasteiger partial charge in [0.15, 0.2) is 0 Å². The molecule has 78 heavy (non-hydrogen) atoms. The van der Waals surface area contributed by atoms with Gasteiger partial charge in [0, 0.05) is 46.4 Å². The number of carboxylic acids is 3. The van der Waals surface area contributed by atoms with Gasteiger partial charge in [0.05, 0.1) is 51.3 Å². The molecule has 9 rings (SSSR count). The van der Waals surface area contributed by atoms with E-state index in [-0.39, 0.29) is 30.3 Å². The Morgan fingerprint density at radius 2 is 1.12 bits per heavy atom. The maximum Gasteiger partial charge on any atom is 0.310 e. The number of hydrogen-bond donors (Lipinski definition) is 3. The summed E-state index contributed by atoms with van der Waals surface area (Å²) in [7, 11) is 6.55. The van der Waals surface area contributed by atoms with Crippen molar-refractivity contribution in [2.75, 3.05) is 21.3 Å². The molecule has 15 heteroatoms. The number of aromatic nitrogens is 2. The van der Waals surface area contributed by atoms with E-state index in [1.54, 1.807) is 120 Å². The molecule has 9 aromatic rings. The number of carbonyl (C=O) groups is 6. The fourth-order valence-electron chi connectivity index (χ4n) is 8.57. The molecule has 0 saturated heterocycles. The van der Waals surface area contributed by atoms with Crippen LogP contribution in [0.25, 0.3) is 32.4 Å². The number of halogens is 1. The number of ketones is 2. The van der Waals surface area contributed by atoms with Crippen LogP contribution in [-0.4, -0.2) is 81.2 Å². The predicted molar refractivity (Wildman–Crippen MR) is 303 cm³/mol. The molecule has 2 aromatic heterocycles. The number of benzene rings is 7. The minimum Gasteiger partial charge on any atom is -0.497 e. The van der Waals surface area contributed by atoms with Crippen LogP contribution in [0.3, 0.4) is 0 Å². The average molecular weight is 1070 g/mol. The fourth-order valence-corrected chi connectivity index (χ4v) is 8.70. The molecule has 0 bridgehead atoms. The number of ether oxygens (including phenoxy) is 3. The number of hydrogen-bond acceptors (Lipinski definition) is 9. The number of aryl methyl sites for hydroxylation is 2. The second-order valence-corrected chi connectivity index (χ2v) is 18.9. The van der Waals surface area contributed by atoms with Gasteiger partial charge in [-0.15, -0.1) is 0 Å². The molecule has 2 heterocycles. The highest BCUT2D eigenvalue weighted by atomic mass is 35.5. The van der Waals surface area contributed by atoms with Crippen LogP contribution in [0.5, 0.6) is 17.2 Å². The average Bonchev–Trinajstić information content (AvgIpc) is 4.11. The van der Waals surface area contributed by atoms with Crippen molar-refractivity contribution in [3.8, 4) is 17.2 Å². The normalized spacial score (nSPS) is 11.0. The van der Waals surface area contributed by atoms with Gasteiger partial charge in [0.2, 0.25) is 5.78 Å². The van der Waals surface area contributed by atoms with E-state index >= 15 is 0 Å². The van der Waals surface area contributed by atoms with Crippen molar-refractivity contribution < 1.29 is 58.3 Å². The topological polar surface area (TPSA) is 201 Å². The van der Waals surface area contributed by atoms with Crippen LogP contribution in [-0.2, 0) is 45.5 Å². The van der Waals surface area contributed by atoms with E-state index in [0.29, 0.717) is 61.9 Å². The van der Waals surface area contributed by atoms with E-state index in [0.717, 1.165) is 45.2 Å². The first-order valence-corrected chi connectivity index (χ1v) is 25.1. The third-order valence-corrected chi connectivity index (χ3v) is 13.3. The van der Waals surface area contributed by atoms with Crippen molar-refractivity contribution in [2.24, 2.45) is 7.05 Å². The number of fused-ring (bicyclic) bond motifs is 3. The smallest absolute Gasteiger partial charge is 0.310 e. The van der Waals surface area contributed by atoms with E-state index < -0.39 is 23.8 Å². The molecular weight excluding hydrogens is 1010 g/mol. The van der Waals surface area contributed by atoms with Gasteiger partial charge in [-0.3, -0.25) is 28.5 Å². The standard InChI is InChI=1S/C19H16ClNO4.C15H15NO3.C15H16O2.C14H14O3/c1-11-15(10-18(22)23)16-9-14(25-2)7-8-17(16)21(11)19(24)12-3-5-13(20)6-4-12;1-10-3-5-11(6-4-10)15(19)13-8-7-12(16(13)2)9-14(17)18;1-11(16)3-4-12-5-6-14-10-15(17-2)8-7-13(14)9-12;1-9(14(15)16)10-3-4-12-8-13(17-2)6-5-11(12)7-10/h3-9H,10H2,1-2H3,(H,22,23);3-8H,9H2,1-2H3,(H,17,18);5-10H,3-4H2,1-2H3;3-9H,1-2H3,(H,15,16)/t;;;9-/m...0/s1. The Labute approximate surface area is 457 Å². The summed E-state index contributed by atoms with van der Waals surface area (Å²) >= 11 is 5.89. The Bertz CT molecular complexity index is 3650. The van der Waals surface area contributed by atoms with Gasteiger partial charge in [0.25, 0.3) is 5.91 Å². The van der Waals surface area contributed by atoms with Crippen molar-refractivity contribution in [1.29, 1.82) is 0 Å². The van der Waals surface area contributed by atoms with Crippen LogP contribution in [0.4, 0.5) is 0 Å². The van der Waals surface area contributed by atoms with Crippen LogP contribution in [0.15, 0.2) is 152 Å². The molecule has 7 aromatic carbocycles. The molecule has 0 aliphatic heterocycles. The Balaban J connectivity index is 0.000000171. The maximum atomic E-state index is 13.0. The van der Waals surface area contributed by atoms with Crippen LogP contribution in [0.2, 0.25) is 5.02 Å². The molecule has 0 fully saturated rings. The highest BCUT2D eigenvalue weighted by Crippen LogP contribution is 2.31. The first-order chi connectivity index (χ1) is 37.2. The summed E-state index contributed by atoms with van der Waals surface area (Å²) in [5.74, 6) is -0.973.